The van der Waals surface area contributed by atoms with Crippen LogP contribution in [-0.2, 0) is 0 Å². The molecule has 0 atom stereocenters. The Morgan fingerprint density at radius 2 is 1.46 bits per heavy atom. The topological polar surface area (TPSA) is 71.1 Å². The van der Waals surface area contributed by atoms with Gasteiger partial charge in [-0.25, -0.2) is 0 Å². The Morgan fingerprint density at radius 3 is 2.08 bits per heavy atom. The Bertz CT molecular complexity index is 958. The average molecular weight is 366 g/mol. The normalized spacial score (nSPS) is 10.2. The Kier molecular flexibility index (Phi) is 5.29. The molecule has 0 aliphatic heterocycles. The van der Waals surface area contributed by atoms with Crippen molar-refractivity contribution in [1.29, 1.82) is 0 Å². The molecule has 0 unspecified atom stereocenters. The van der Waals surface area contributed by atoms with Crippen molar-refractivity contribution in [2.24, 2.45) is 0 Å². The van der Waals surface area contributed by atoms with Gasteiger partial charge in [0.1, 0.15) is 0 Å². The van der Waals surface area contributed by atoms with E-state index in [4.69, 9.17) is 11.6 Å². The molecule has 5 nitrogen and oxygen atoms in total. The van der Waals surface area contributed by atoms with Gasteiger partial charge in [0.2, 0.25) is 0 Å². The summed E-state index contributed by atoms with van der Waals surface area (Å²) in [7, 11) is 0. The van der Waals surface area contributed by atoms with Gasteiger partial charge in [-0.05, 0) is 42.8 Å². The minimum atomic E-state index is -0.369. The number of benzene rings is 2. The fraction of sp³-hybridized carbons (Fsp3) is 0.0500. The van der Waals surface area contributed by atoms with Crippen molar-refractivity contribution in [3.8, 4) is 0 Å². The van der Waals surface area contributed by atoms with E-state index in [0.717, 1.165) is 5.56 Å². The molecule has 0 aliphatic carbocycles. The minimum absolute atomic E-state index is 0.280. The van der Waals surface area contributed by atoms with Crippen molar-refractivity contribution < 1.29 is 9.59 Å². The Labute approximate surface area is 156 Å². The second-order valence-electron chi connectivity index (χ2n) is 5.70. The van der Waals surface area contributed by atoms with Crippen LogP contribution in [0.3, 0.4) is 0 Å². The summed E-state index contributed by atoms with van der Waals surface area (Å²) in [6.07, 6.45) is 2.82. The number of rotatable bonds is 4. The van der Waals surface area contributed by atoms with E-state index < -0.39 is 0 Å². The molecule has 2 aromatic carbocycles. The number of nitrogens with one attached hydrogen (secondary N) is 2. The quantitative estimate of drug-likeness (QED) is 0.712. The largest absolute Gasteiger partial charge is 0.322 e. The van der Waals surface area contributed by atoms with Gasteiger partial charge in [-0.3, -0.25) is 14.6 Å². The summed E-state index contributed by atoms with van der Waals surface area (Å²) in [5.41, 5.74) is 2.74. The molecule has 0 radical (unpaired) electrons. The number of amides is 2. The van der Waals surface area contributed by atoms with Crippen LogP contribution in [-0.4, -0.2) is 16.8 Å². The molecule has 3 aromatic rings. The number of halogens is 1. The molecule has 2 N–H and O–H groups in total. The van der Waals surface area contributed by atoms with E-state index in [1.165, 1.54) is 18.5 Å². The second kappa shape index (κ2) is 7.80. The van der Waals surface area contributed by atoms with Crippen LogP contribution in [0.2, 0.25) is 5.02 Å². The highest BCUT2D eigenvalue weighted by atomic mass is 35.5. The molecule has 6 heteroatoms. The van der Waals surface area contributed by atoms with Crippen LogP contribution in [0.15, 0.2) is 67.0 Å². The van der Waals surface area contributed by atoms with Crippen LogP contribution in [0.5, 0.6) is 0 Å². The molecule has 0 saturated carbocycles. The van der Waals surface area contributed by atoms with Gasteiger partial charge in [-0.1, -0.05) is 35.9 Å². The van der Waals surface area contributed by atoms with Crippen LogP contribution < -0.4 is 10.6 Å². The summed E-state index contributed by atoms with van der Waals surface area (Å²) in [5, 5.41) is 6.07. The van der Waals surface area contributed by atoms with Crippen LogP contribution >= 0.6 is 11.6 Å². The zero-order valence-corrected chi connectivity index (χ0v) is 14.7. The van der Waals surface area contributed by atoms with Crippen LogP contribution in [0, 0.1) is 6.92 Å². The maximum atomic E-state index is 12.4. The average Bonchev–Trinajstić information content (AvgIpc) is 2.65. The second-order valence-corrected chi connectivity index (χ2v) is 6.11. The predicted molar refractivity (Wildman–Crippen MR) is 103 cm³/mol. The highest BCUT2D eigenvalue weighted by molar-refractivity contribution is 6.31. The number of pyridine rings is 1. The van der Waals surface area contributed by atoms with Crippen molar-refractivity contribution in [2.45, 2.75) is 6.92 Å². The van der Waals surface area contributed by atoms with E-state index in [2.05, 4.69) is 15.6 Å². The van der Waals surface area contributed by atoms with E-state index >= 15 is 0 Å². The standard InChI is InChI=1S/C20H16ClN3O2/c1-13-7-8-17(10-18(13)21)24-20(26)15-9-14(11-22-12-15)19(25)23-16-5-3-2-4-6-16/h2-12H,1H3,(H,23,25)(H,24,26). The lowest BCUT2D eigenvalue weighted by Crippen LogP contribution is -2.16. The van der Waals surface area contributed by atoms with E-state index in [-0.39, 0.29) is 17.4 Å². The maximum Gasteiger partial charge on any atom is 0.257 e. The zero-order valence-electron chi connectivity index (χ0n) is 14.0. The van der Waals surface area contributed by atoms with Crippen molar-refractivity contribution in [1.82, 2.24) is 4.98 Å². The molecular formula is C20H16ClN3O2. The molecule has 3 rings (SSSR count). The molecule has 0 saturated heterocycles. The summed E-state index contributed by atoms with van der Waals surface area (Å²) in [4.78, 5) is 28.7. The van der Waals surface area contributed by atoms with Crippen molar-refractivity contribution >= 4 is 34.8 Å². The van der Waals surface area contributed by atoms with E-state index in [1.807, 2.05) is 31.2 Å². The highest BCUT2D eigenvalue weighted by Crippen LogP contribution is 2.20. The summed E-state index contributed by atoms with van der Waals surface area (Å²) in [6.45, 7) is 1.88. The lowest BCUT2D eigenvalue weighted by Gasteiger charge is -2.08. The highest BCUT2D eigenvalue weighted by Gasteiger charge is 2.12. The predicted octanol–water partition coefficient (Wildman–Crippen LogP) is 4.55. The molecular weight excluding hydrogens is 350 g/mol. The van der Waals surface area contributed by atoms with E-state index in [1.54, 1.807) is 24.3 Å². The fourth-order valence-electron chi connectivity index (χ4n) is 2.29. The first-order valence-electron chi connectivity index (χ1n) is 7.92. The van der Waals surface area contributed by atoms with Crippen molar-refractivity contribution in [2.75, 3.05) is 10.6 Å². The molecule has 26 heavy (non-hydrogen) atoms. The molecule has 130 valence electrons. The summed E-state index contributed by atoms with van der Waals surface area (Å²) in [5.74, 6) is -0.705. The number of carbonyl (C=O) groups excluding carboxylic acids is 2. The van der Waals surface area contributed by atoms with Gasteiger partial charge < -0.3 is 10.6 Å². The first kappa shape index (κ1) is 17.6. The van der Waals surface area contributed by atoms with Crippen LogP contribution in [0.4, 0.5) is 11.4 Å². The van der Waals surface area contributed by atoms with Crippen LogP contribution in [0.25, 0.3) is 0 Å². The van der Waals surface area contributed by atoms with Gasteiger partial charge >= 0.3 is 0 Å². The van der Waals surface area contributed by atoms with Gasteiger partial charge in [0.05, 0.1) is 11.1 Å². The number of aromatic nitrogens is 1. The van der Waals surface area contributed by atoms with E-state index in [9.17, 15) is 9.59 Å². The van der Waals surface area contributed by atoms with E-state index in [0.29, 0.717) is 22.0 Å². The number of aryl methyl sites for hydroxylation is 1. The van der Waals surface area contributed by atoms with Gasteiger partial charge in [0, 0.05) is 28.8 Å². The third-order valence-corrected chi connectivity index (χ3v) is 4.13. The number of hydrogen-bond donors (Lipinski definition) is 2. The minimum Gasteiger partial charge on any atom is -0.322 e. The lowest BCUT2D eigenvalue weighted by atomic mass is 10.1. The Balaban J connectivity index is 1.74. The number of nitrogens with zero attached hydrogens (tertiary/aromatic N) is 1. The number of anilines is 2. The third kappa shape index (κ3) is 4.26. The zero-order chi connectivity index (χ0) is 18.5. The molecule has 2 amide bonds. The van der Waals surface area contributed by atoms with Crippen molar-refractivity contribution in [3.63, 3.8) is 0 Å². The molecule has 0 fully saturated rings. The summed E-state index contributed by atoms with van der Waals surface area (Å²) >= 11 is 6.07. The fourth-order valence-corrected chi connectivity index (χ4v) is 2.47. The molecule has 1 heterocycles. The van der Waals surface area contributed by atoms with Crippen LogP contribution in [0.1, 0.15) is 26.3 Å². The van der Waals surface area contributed by atoms with Gasteiger partial charge in [-0.2, -0.15) is 0 Å². The molecule has 0 aliphatic rings. The van der Waals surface area contributed by atoms with Gasteiger partial charge in [0.15, 0.2) is 0 Å². The molecule has 0 spiro atoms. The molecule has 1 aromatic heterocycles. The third-order valence-electron chi connectivity index (χ3n) is 3.72. The first-order valence-corrected chi connectivity index (χ1v) is 8.30. The van der Waals surface area contributed by atoms with Gasteiger partial charge in [0.25, 0.3) is 11.8 Å². The number of para-hydroxylation sites is 1. The monoisotopic (exact) mass is 365 g/mol. The first-order chi connectivity index (χ1) is 12.5. The Hall–Kier alpha value is -3.18. The number of carbonyl (C=O) groups is 2. The summed E-state index contributed by atoms with van der Waals surface area (Å²) in [6, 6.07) is 15.8. The maximum absolute atomic E-state index is 12.4. The summed E-state index contributed by atoms with van der Waals surface area (Å²) < 4.78 is 0. The number of hydrogen-bond acceptors (Lipinski definition) is 3. The van der Waals surface area contributed by atoms with Gasteiger partial charge in [-0.15, -0.1) is 0 Å². The SMILES string of the molecule is Cc1ccc(NC(=O)c2cncc(C(=O)Nc3ccccc3)c2)cc1Cl. The molecule has 0 bridgehead atoms. The van der Waals surface area contributed by atoms with Crippen molar-refractivity contribution in [3.05, 3.63) is 88.7 Å². The lowest BCUT2D eigenvalue weighted by molar-refractivity contribution is 0.102. The smallest absolute Gasteiger partial charge is 0.257 e. The Morgan fingerprint density at radius 1 is 0.846 bits per heavy atom.